The Morgan fingerprint density at radius 2 is 1.96 bits per heavy atom. The van der Waals surface area contributed by atoms with Gasteiger partial charge in [-0.15, -0.1) is 0 Å². The highest BCUT2D eigenvalue weighted by molar-refractivity contribution is 6.09. The predicted octanol–water partition coefficient (Wildman–Crippen LogP) is 1.50. The quantitative estimate of drug-likeness (QED) is 0.798. The maximum atomic E-state index is 13.4. The van der Waals surface area contributed by atoms with Gasteiger partial charge in [-0.25, -0.2) is 13.6 Å². The van der Waals surface area contributed by atoms with Gasteiger partial charge in [-0.3, -0.25) is 14.5 Å². The number of nitrogens with one attached hydrogen (secondary N) is 2. The minimum absolute atomic E-state index is 0.102. The molecule has 1 aliphatic heterocycles. The number of halogens is 2. The minimum atomic E-state index is -1.55. The summed E-state index contributed by atoms with van der Waals surface area (Å²) < 4.78 is 26.5. The third kappa shape index (κ3) is 3.37. The van der Waals surface area contributed by atoms with Crippen LogP contribution in [0.25, 0.3) is 0 Å². The average Bonchev–Trinajstić information content (AvgIpc) is 2.72. The van der Waals surface area contributed by atoms with Crippen LogP contribution in [0.15, 0.2) is 18.2 Å². The van der Waals surface area contributed by atoms with Crippen molar-refractivity contribution in [2.75, 3.05) is 13.1 Å². The topological polar surface area (TPSA) is 78.5 Å². The lowest BCUT2D eigenvalue weighted by Crippen LogP contribution is -2.43. The molecule has 8 heteroatoms. The van der Waals surface area contributed by atoms with Crippen LogP contribution in [0.5, 0.6) is 0 Å². The van der Waals surface area contributed by atoms with Gasteiger partial charge in [0, 0.05) is 6.54 Å². The third-order valence-corrected chi connectivity index (χ3v) is 3.78. The van der Waals surface area contributed by atoms with E-state index in [1.807, 2.05) is 13.8 Å². The number of imide groups is 1. The molecule has 0 saturated carbocycles. The fraction of sp³-hybridized carbons (Fsp3) is 0.438. The Morgan fingerprint density at radius 1 is 1.29 bits per heavy atom. The molecule has 24 heavy (non-hydrogen) atoms. The van der Waals surface area contributed by atoms with E-state index in [9.17, 15) is 23.2 Å². The van der Waals surface area contributed by atoms with E-state index in [4.69, 9.17) is 0 Å². The number of amides is 4. The normalized spacial score (nSPS) is 20.5. The molecule has 6 nitrogen and oxygen atoms in total. The molecule has 0 unspecified atom stereocenters. The van der Waals surface area contributed by atoms with E-state index in [1.54, 1.807) is 0 Å². The number of rotatable bonds is 5. The zero-order valence-electron chi connectivity index (χ0n) is 13.7. The van der Waals surface area contributed by atoms with Gasteiger partial charge in [0.2, 0.25) is 5.91 Å². The van der Waals surface area contributed by atoms with Crippen LogP contribution in [0.2, 0.25) is 0 Å². The highest BCUT2D eigenvalue weighted by Crippen LogP contribution is 2.29. The van der Waals surface area contributed by atoms with Gasteiger partial charge in [0.25, 0.3) is 5.91 Å². The Kier molecular flexibility index (Phi) is 4.86. The van der Waals surface area contributed by atoms with Crippen LogP contribution in [0, 0.1) is 17.6 Å². The first-order valence-corrected chi connectivity index (χ1v) is 7.51. The fourth-order valence-corrected chi connectivity index (χ4v) is 2.36. The zero-order valence-corrected chi connectivity index (χ0v) is 13.7. The molecule has 1 aromatic rings. The van der Waals surface area contributed by atoms with E-state index in [2.05, 4.69) is 10.6 Å². The summed E-state index contributed by atoms with van der Waals surface area (Å²) in [6.45, 7) is 5.19. The number of nitrogens with zero attached hydrogens (tertiary/aromatic N) is 1. The summed E-state index contributed by atoms with van der Waals surface area (Å²) in [5, 5.41) is 5.04. The second-order valence-corrected chi connectivity index (χ2v) is 6.27. The largest absolute Gasteiger partial charge is 0.354 e. The first-order chi connectivity index (χ1) is 11.1. The Labute approximate surface area is 138 Å². The van der Waals surface area contributed by atoms with Crippen molar-refractivity contribution in [1.29, 1.82) is 0 Å². The number of benzene rings is 1. The maximum Gasteiger partial charge on any atom is 0.325 e. The first kappa shape index (κ1) is 17.8. The van der Waals surface area contributed by atoms with E-state index < -0.39 is 41.6 Å². The van der Waals surface area contributed by atoms with Gasteiger partial charge >= 0.3 is 6.03 Å². The number of carbonyl (C=O) groups excluding carboxylic acids is 3. The van der Waals surface area contributed by atoms with Crippen molar-refractivity contribution in [2.45, 2.75) is 26.3 Å². The molecule has 4 amide bonds. The predicted molar refractivity (Wildman–Crippen MR) is 81.8 cm³/mol. The lowest BCUT2D eigenvalue weighted by atomic mass is 9.92. The number of hydrogen-bond acceptors (Lipinski definition) is 3. The van der Waals surface area contributed by atoms with Gasteiger partial charge in [0.1, 0.15) is 12.1 Å². The van der Waals surface area contributed by atoms with Crippen LogP contribution in [-0.2, 0) is 15.1 Å². The molecule has 2 rings (SSSR count). The molecule has 0 radical (unpaired) electrons. The van der Waals surface area contributed by atoms with Crippen molar-refractivity contribution >= 4 is 17.8 Å². The lowest BCUT2D eigenvalue weighted by Gasteiger charge is -2.22. The van der Waals surface area contributed by atoms with Gasteiger partial charge in [0.15, 0.2) is 11.6 Å². The molecule has 1 atom stereocenters. The van der Waals surface area contributed by atoms with E-state index in [1.165, 1.54) is 13.0 Å². The van der Waals surface area contributed by atoms with Crippen LogP contribution in [-0.4, -0.2) is 35.8 Å². The molecular weight excluding hydrogens is 320 g/mol. The molecular formula is C16H19F2N3O3. The van der Waals surface area contributed by atoms with E-state index in [0.717, 1.165) is 17.0 Å². The minimum Gasteiger partial charge on any atom is -0.354 e. The van der Waals surface area contributed by atoms with Crippen molar-refractivity contribution in [1.82, 2.24) is 15.5 Å². The molecule has 1 heterocycles. The van der Waals surface area contributed by atoms with Crippen LogP contribution in [0.1, 0.15) is 26.3 Å². The molecule has 1 aromatic carbocycles. The SMILES string of the molecule is CC(C)CNC(=O)CN1C(=O)N[C@@](C)(c2ccc(F)c(F)c2)C1=O. The summed E-state index contributed by atoms with van der Waals surface area (Å²) >= 11 is 0. The highest BCUT2D eigenvalue weighted by atomic mass is 19.2. The van der Waals surface area contributed by atoms with Gasteiger partial charge in [0.05, 0.1) is 0 Å². The monoisotopic (exact) mass is 339 g/mol. The van der Waals surface area contributed by atoms with Gasteiger partial charge in [-0.05, 0) is 30.5 Å². The fourth-order valence-electron chi connectivity index (χ4n) is 2.36. The van der Waals surface area contributed by atoms with Crippen molar-refractivity contribution in [2.24, 2.45) is 5.92 Å². The van der Waals surface area contributed by atoms with E-state index in [-0.39, 0.29) is 11.5 Å². The van der Waals surface area contributed by atoms with Gasteiger partial charge in [-0.1, -0.05) is 19.9 Å². The molecule has 0 aliphatic carbocycles. The summed E-state index contributed by atoms with van der Waals surface area (Å²) in [4.78, 5) is 37.2. The van der Waals surface area contributed by atoms with E-state index in [0.29, 0.717) is 6.54 Å². The Morgan fingerprint density at radius 3 is 2.54 bits per heavy atom. The number of hydrogen-bond donors (Lipinski definition) is 2. The van der Waals surface area contributed by atoms with E-state index >= 15 is 0 Å². The van der Waals surface area contributed by atoms with Gasteiger partial charge < -0.3 is 10.6 Å². The van der Waals surface area contributed by atoms with Crippen molar-refractivity contribution in [3.63, 3.8) is 0 Å². The highest BCUT2D eigenvalue weighted by Gasteiger charge is 2.49. The average molecular weight is 339 g/mol. The standard InChI is InChI=1S/C16H19F2N3O3/c1-9(2)7-19-13(22)8-21-14(23)16(3,20-15(21)24)10-4-5-11(17)12(18)6-10/h4-6,9H,7-8H2,1-3H3,(H,19,22)(H,20,24)/t16-/m0/s1. The summed E-state index contributed by atoms with van der Waals surface area (Å²) in [7, 11) is 0. The summed E-state index contributed by atoms with van der Waals surface area (Å²) in [6, 6.07) is 2.20. The molecule has 1 saturated heterocycles. The summed E-state index contributed by atoms with van der Waals surface area (Å²) in [5.74, 6) is -3.11. The second kappa shape index (κ2) is 6.54. The lowest BCUT2D eigenvalue weighted by molar-refractivity contribution is -0.134. The molecule has 2 N–H and O–H groups in total. The first-order valence-electron chi connectivity index (χ1n) is 7.51. The van der Waals surface area contributed by atoms with Crippen LogP contribution < -0.4 is 10.6 Å². The van der Waals surface area contributed by atoms with Crippen molar-refractivity contribution < 1.29 is 23.2 Å². The molecule has 0 aromatic heterocycles. The van der Waals surface area contributed by atoms with Crippen LogP contribution >= 0.6 is 0 Å². The Bertz CT molecular complexity index is 693. The summed E-state index contributed by atoms with van der Waals surface area (Å²) in [6.07, 6.45) is 0. The van der Waals surface area contributed by atoms with Gasteiger partial charge in [-0.2, -0.15) is 0 Å². The van der Waals surface area contributed by atoms with Crippen LogP contribution in [0.3, 0.4) is 0 Å². The molecule has 1 fully saturated rings. The maximum absolute atomic E-state index is 13.4. The van der Waals surface area contributed by atoms with Crippen LogP contribution in [0.4, 0.5) is 13.6 Å². The zero-order chi connectivity index (χ0) is 18.1. The Hall–Kier alpha value is -2.51. The number of urea groups is 1. The van der Waals surface area contributed by atoms with Crippen molar-refractivity contribution in [3.05, 3.63) is 35.4 Å². The summed E-state index contributed by atoms with van der Waals surface area (Å²) in [5.41, 5.74) is -1.45. The second-order valence-electron chi connectivity index (χ2n) is 6.27. The Balaban J connectivity index is 2.18. The smallest absolute Gasteiger partial charge is 0.325 e. The van der Waals surface area contributed by atoms with Crippen molar-refractivity contribution in [3.8, 4) is 0 Å². The molecule has 0 bridgehead atoms. The molecule has 1 aliphatic rings. The molecule has 130 valence electrons. The third-order valence-electron chi connectivity index (χ3n) is 3.78. The number of carbonyl (C=O) groups is 3. The molecule has 0 spiro atoms.